The lowest BCUT2D eigenvalue weighted by molar-refractivity contribution is 0.414. The minimum atomic E-state index is 0. The number of nitrogens with zero attached hydrogens (tertiary/aromatic N) is 3. The quantitative estimate of drug-likeness (QED) is 0.600. The van der Waals surface area contributed by atoms with E-state index in [1.807, 2.05) is 12.1 Å². The molecule has 2 aromatic carbocycles. The molecule has 0 aromatic heterocycles. The summed E-state index contributed by atoms with van der Waals surface area (Å²) in [6.07, 6.45) is 0.954. The molecular weight excluding hydrogens is 471 g/mol. The highest BCUT2D eigenvalue weighted by molar-refractivity contribution is 8.17. The van der Waals surface area contributed by atoms with Crippen LogP contribution in [-0.4, -0.2) is 40.7 Å². The Kier molecular flexibility index (Phi) is 8.22. The van der Waals surface area contributed by atoms with Gasteiger partial charge >= 0.3 is 0 Å². The van der Waals surface area contributed by atoms with Crippen molar-refractivity contribution in [3.05, 3.63) is 70.8 Å². The topological polar surface area (TPSA) is 49.2 Å². The van der Waals surface area contributed by atoms with Crippen LogP contribution in [-0.2, 0) is 13.0 Å². The minimum absolute atomic E-state index is 0. The summed E-state index contributed by atoms with van der Waals surface area (Å²) < 4.78 is 5.25. The SMILES string of the molecule is COc1ccc(C[C@@H]2CN3C(CSC4=NCc5ccccc5N4)=CSC3=N2)cc1.Cl.Cl. The van der Waals surface area contributed by atoms with Crippen molar-refractivity contribution in [3.63, 3.8) is 0 Å². The predicted molar refractivity (Wildman–Crippen MR) is 138 cm³/mol. The van der Waals surface area contributed by atoms with Crippen LogP contribution in [0.25, 0.3) is 0 Å². The smallest absolute Gasteiger partial charge is 0.168 e. The molecule has 3 aliphatic heterocycles. The van der Waals surface area contributed by atoms with E-state index in [9.17, 15) is 0 Å². The lowest BCUT2D eigenvalue weighted by Crippen LogP contribution is -2.26. The fourth-order valence-corrected chi connectivity index (χ4v) is 5.59. The molecule has 0 spiro atoms. The van der Waals surface area contributed by atoms with Crippen molar-refractivity contribution < 1.29 is 4.74 Å². The first kappa shape index (κ1) is 23.9. The van der Waals surface area contributed by atoms with E-state index in [1.54, 1.807) is 30.6 Å². The monoisotopic (exact) mass is 494 g/mol. The molecule has 0 fully saturated rings. The lowest BCUT2D eigenvalue weighted by atomic mass is 10.1. The Bertz CT molecular complexity index is 1010. The molecule has 0 saturated carbocycles. The van der Waals surface area contributed by atoms with Gasteiger partial charge in [-0.2, -0.15) is 0 Å². The normalized spacial score (nSPS) is 18.4. The second kappa shape index (κ2) is 10.7. The molecule has 0 saturated heterocycles. The highest BCUT2D eigenvalue weighted by Gasteiger charge is 2.32. The maximum absolute atomic E-state index is 5.25. The molecule has 3 heterocycles. The number of nitrogens with one attached hydrogen (secondary N) is 1. The number of rotatable bonds is 5. The molecule has 0 unspecified atom stereocenters. The van der Waals surface area contributed by atoms with Crippen LogP contribution in [0, 0.1) is 0 Å². The van der Waals surface area contributed by atoms with Gasteiger partial charge in [-0.05, 0) is 41.2 Å². The first-order chi connectivity index (χ1) is 14.3. The number of aliphatic imine (C=N–C) groups is 2. The zero-order valence-corrected chi connectivity index (χ0v) is 20.3. The van der Waals surface area contributed by atoms with Gasteiger partial charge < -0.3 is 15.0 Å². The molecule has 2 aromatic rings. The Hall–Kier alpha value is -1.80. The van der Waals surface area contributed by atoms with E-state index in [0.717, 1.165) is 41.3 Å². The number of hydrogen-bond acceptors (Lipinski definition) is 7. The number of anilines is 1. The summed E-state index contributed by atoms with van der Waals surface area (Å²) in [5, 5.41) is 7.80. The van der Waals surface area contributed by atoms with Crippen molar-refractivity contribution in [1.29, 1.82) is 0 Å². The van der Waals surface area contributed by atoms with Gasteiger partial charge in [-0.25, -0.2) is 0 Å². The summed E-state index contributed by atoms with van der Waals surface area (Å²) in [7, 11) is 1.70. The number of hydrogen-bond donors (Lipinski definition) is 1. The molecule has 0 radical (unpaired) electrons. The van der Waals surface area contributed by atoms with Crippen LogP contribution < -0.4 is 10.1 Å². The Balaban J connectivity index is 0.00000136. The Morgan fingerprint density at radius 1 is 1.16 bits per heavy atom. The van der Waals surface area contributed by atoms with E-state index in [2.05, 4.69) is 57.0 Å². The first-order valence-corrected chi connectivity index (χ1v) is 11.5. The van der Waals surface area contributed by atoms with Crippen LogP contribution in [0.4, 0.5) is 5.69 Å². The Morgan fingerprint density at radius 2 is 1.97 bits per heavy atom. The van der Waals surface area contributed by atoms with E-state index in [-0.39, 0.29) is 24.8 Å². The van der Waals surface area contributed by atoms with E-state index in [4.69, 9.17) is 9.73 Å². The van der Waals surface area contributed by atoms with Crippen molar-refractivity contribution in [2.24, 2.45) is 9.98 Å². The maximum Gasteiger partial charge on any atom is 0.168 e. The summed E-state index contributed by atoms with van der Waals surface area (Å²) in [6.45, 7) is 1.70. The predicted octanol–water partition coefficient (Wildman–Crippen LogP) is 5.42. The summed E-state index contributed by atoms with van der Waals surface area (Å²) in [6, 6.07) is 17.0. The number of methoxy groups -OCH3 is 1. The molecule has 31 heavy (non-hydrogen) atoms. The molecule has 164 valence electrons. The van der Waals surface area contributed by atoms with Gasteiger partial charge in [-0.1, -0.05) is 53.9 Å². The van der Waals surface area contributed by atoms with Gasteiger partial charge in [0.2, 0.25) is 0 Å². The fraction of sp³-hybridized carbons (Fsp3) is 0.273. The van der Waals surface area contributed by atoms with Gasteiger partial charge in [0.05, 0.1) is 19.7 Å². The molecule has 1 N–H and O–H groups in total. The summed E-state index contributed by atoms with van der Waals surface area (Å²) >= 11 is 3.50. The molecule has 9 heteroatoms. The molecule has 0 amide bonds. The highest BCUT2D eigenvalue weighted by atomic mass is 35.5. The number of ether oxygens (including phenoxy) is 1. The second-order valence-electron chi connectivity index (χ2n) is 7.15. The van der Waals surface area contributed by atoms with Gasteiger partial charge in [0, 0.05) is 23.7 Å². The number of benzene rings is 2. The standard InChI is InChI=1S/C22H22N4OS2.2ClH/c1-27-19-8-6-15(7-9-19)10-17-12-26-18(14-29-22(26)24-17)13-28-21-23-11-16-4-2-3-5-20(16)25-21;;/h2-9,14,17H,10-13H2,1H3,(H,23,25);2*1H/t17-;;/m1../s1. The third kappa shape index (κ3) is 5.34. The maximum atomic E-state index is 5.25. The van der Waals surface area contributed by atoms with Crippen molar-refractivity contribution in [2.75, 3.05) is 24.7 Å². The molecule has 5 rings (SSSR count). The number of para-hydroxylation sites is 1. The van der Waals surface area contributed by atoms with Crippen molar-refractivity contribution in [2.45, 2.75) is 19.0 Å². The Labute approximate surface area is 203 Å². The highest BCUT2D eigenvalue weighted by Crippen LogP contribution is 2.34. The van der Waals surface area contributed by atoms with Gasteiger partial charge in [0.15, 0.2) is 10.3 Å². The van der Waals surface area contributed by atoms with Crippen molar-refractivity contribution in [1.82, 2.24) is 4.90 Å². The molecule has 1 atom stereocenters. The average Bonchev–Trinajstić information content (AvgIpc) is 3.33. The van der Waals surface area contributed by atoms with E-state index < -0.39 is 0 Å². The van der Waals surface area contributed by atoms with Crippen molar-refractivity contribution in [3.8, 4) is 5.75 Å². The molecule has 0 aliphatic carbocycles. The molecule has 5 nitrogen and oxygen atoms in total. The van der Waals surface area contributed by atoms with E-state index in [0.29, 0.717) is 6.04 Å². The molecule has 3 aliphatic rings. The third-order valence-corrected chi connectivity index (χ3v) is 7.07. The fourth-order valence-electron chi connectivity index (χ4n) is 3.65. The number of fused-ring (bicyclic) bond motifs is 2. The van der Waals surface area contributed by atoms with Crippen LogP contribution in [0.5, 0.6) is 5.75 Å². The van der Waals surface area contributed by atoms with Crippen LogP contribution in [0.3, 0.4) is 0 Å². The van der Waals surface area contributed by atoms with Crippen LogP contribution >= 0.6 is 48.3 Å². The largest absolute Gasteiger partial charge is 0.497 e. The summed E-state index contributed by atoms with van der Waals surface area (Å²) in [4.78, 5) is 12.0. The zero-order valence-electron chi connectivity index (χ0n) is 17.0. The van der Waals surface area contributed by atoms with Gasteiger partial charge in [-0.15, -0.1) is 24.8 Å². The number of halogens is 2. The van der Waals surface area contributed by atoms with E-state index in [1.165, 1.54) is 22.5 Å². The first-order valence-electron chi connectivity index (χ1n) is 9.64. The number of amidine groups is 2. The lowest BCUT2D eigenvalue weighted by Gasteiger charge is -2.20. The van der Waals surface area contributed by atoms with Crippen LogP contribution in [0.2, 0.25) is 0 Å². The number of thioether (sulfide) groups is 2. The average molecular weight is 496 g/mol. The van der Waals surface area contributed by atoms with Crippen LogP contribution in [0.1, 0.15) is 11.1 Å². The summed E-state index contributed by atoms with van der Waals surface area (Å²) in [5.74, 6) is 1.79. The van der Waals surface area contributed by atoms with Crippen LogP contribution in [0.15, 0.2) is 69.6 Å². The second-order valence-corrected chi connectivity index (χ2v) is 8.95. The molecule has 0 bridgehead atoms. The molecular formula is C22H24Cl2N4OS2. The Morgan fingerprint density at radius 3 is 2.77 bits per heavy atom. The van der Waals surface area contributed by atoms with Gasteiger partial charge in [-0.3, -0.25) is 9.98 Å². The van der Waals surface area contributed by atoms with Crippen molar-refractivity contribution >= 4 is 64.4 Å². The van der Waals surface area contributed by atoms with Gasteiger partial charge in [0.1, 0.15) is 5.75 Å². The minimum Gasteiger partial charge on any atom is -0.497 e. The van der Waals surface area contributed by atoms with E-state index >= 15 is 0 Å². The summed E-state index contributed by atoms with van der Waals surface area (Å²) in [5.41, 5.74) is 5.04. The van der Waals surface area contributed by atoms with Gasteiger partial charge in [0.25, 0.3) is 0 Å². The third-order valence-electron chi connectivity index (χ3n) is 5.20. The zero-order chi connectivity index (χ0) is 19.6.